The van der Waals surface area contributed by atoms with Gasteiger partial charge in [-0.2, -0.15) is 0 Å². The number of anilines is 1. The number of hydrogen-bond donors (Lipinski definition) is 2. The Morgan fingerprint density at radius 1 is 1.48 bits per heavy atom. The third-order valence-corrected chi connectivity index (χ3v) is 4.15. The van der Waals surface area contributed by atoms with Crippen molar-refractivity contribution in [1.82, 2.24) is 4.90 Å². The van der Waals surface area contributed by atoms with Gasteiger partial charge in [0.1, 0.15) is 0 Å². The molecule has 1 fully saturated rings. The van der Waals surface area contributed by atoms with Crippen LogP contribution in [0.4, 0.5) is 10.5 Å². The molecule has 1 heterocycles. The van der Waals surface area contributed by atoms with E-state index in [4.69, 9.17) is 9.84 Å². The minimum atomic E-state index is -1.03. The summed E-state index contributed by atoms with van der Waals surface area (Å²) in [6.45, 7) is 1.21. The van der Waals surface area contributed by atoms with Gasteiger partial charge in [0, 0.05) is 24.7 Å². The Labute approximate surface area is 131 Å². The molecular weight excluding hydrogens is 340 g/mol. The highest BCUT2D eigenvalue weighted by Gasteiger charge is 2.23. The van der Waals surface area contributed by atoms with E-state index < -0.39 is 5.97 Å². The van der Waals surface area contributed by atoms with Crippen molar-refractivity contribution in [2.24, 2.45) is 0 Å². The second-order valence-corrected chi connectivity index (χ2v) is 5.73. The molecule has 0 aliphatic carbocycles. The fourth-order valence-corrected chi connectivity index (χ4v) is 2.61. The van der Waals surface area contributed by atoms with Crippen LogP contribution in [0.3, 0.4) is 0 Å². The molecule has 1 saturated heterocycles. The van der Waals surface area contributed by atoms with Gasteiger partial charge in [0.15, 0.2) is 0 Å². The van der Waals surface area contributed by atoms with Crippen molar-refractivity contribution in [1.29, 1.82) is 0 Å². The number of methoxy groups -OCH3 is 1. The van der Waals surface area contributed by atoms with E-state index in [1.54, 1.807) is 18.1 Å². The van der Waals surface area contributed by atoms with Crippen molar-refractivity contribution in [3.05, 3.63) is 28.2 Å². The first-order valence-electron chi connectivity index (χ1n) is 6.63. The van der Waals surface area contributed by atoms with Crippen LogP contribution in [0, 0.1) is 0 Å². The van der Waals surface area contributed by atoms with E-state index in [0.29, 0.717) is 23.2 Å². The number of halogens is 1. The molecule has 7 heteroatoms. The number of carboxylic acids is 1. The van der Waals surface area contributed by atoms with E-state index >= 15 is 0 Å². The number of hydrogen-bond acceptors (Lipinski definition) is 3. The lowest BCUT2D eigenvalue weighted by Crippen LogP contribution is -2.44. The fourth-order valence-electron chi connectivity index (χ4n) is 2.26. The Morgan fingerprint density at radius 2 is 2.24 bits per heavy atom. The number of carbonyl (C=O) groups excluding carboxylic acids is 1. The number of aromatic carboxylic acids is 1. The maximum atomic E-state index is 12.3. The average Bonchev–Trinajstić information content (AvgIpc) is 2.49. The number of ether oxygens (including phenoxy) is 1. The molecule has 0 spiro atoms. The van der Waals surface area contributed by atoms with Gasteiger partial charge in [-0.05, 0) is 47.0 Å². The zero-order valence-electron chi connectivity index (χ0n) is 11.6. The number of piperidine rings is 1. The number of amides is 2. The molecule has 21 heavy (non-hydrogen) atoms. The van der Waals surface area contributed by atoms with Gasteiger partial charge in [-0.15, -0.1) is 0 Å². The van der Waals surface area contributed by atoms with Gasteiger partial charge in [-0.25, -0.2) is 9.59 Å². The number of urea groups is 1. The third-order valence-electron chi connectivity index (χ3n) is 3.45. The van der Waals surface area contributed by atoms with E-state index in [0.717, 1.165) is 12.8 Å². The van der Waals surface area contributed by atoms with Gasteiger partial charge in [0.2, 0.25) is 0 Å². The zero-order valence-corrected chi connectivity index (χ0v) is 13.2. The highest BCUT2D eigenvalue weighted by atomic mass is 79.9. The summed E-state index contributed by atoms with van der Waals surface area (Å²) in [5.74, 6) is -1.03. The van der Waals surface area contributed by atoms with E-state index in [2.05, 4.69) is 21.2 Å². The second-order valence-electron chi connectivity index (χ2n) is 4.88. The lowest BCUT2D eigenvalue weighted by molar-refractivity contribution is 0.0458. The lowest BCUT2D eigenvalue weighted by atomic mass is 10.1. The normalized spacial score (nSPS) is 18.4. The number of rotatable bonds is 3. The number of carbonyl (C=O) groups is 2. The van der Waals surface area contributed by atoms with Crippen molar-refractivity contribution in [2.45, 2.75) is 18.9 Å². The number of likely N-dealkylation sites (tertiary alicyclic amines) is 1. The van der Waals surface area contributed by atoms with Crippen LogP contribution < -0.4 is 5.32 Å². The Kier molecular flexibility index (Phi) is 5.19. The molecule has 1 atom stereocenters. The van der Waals surface area contributed by atoms with Crippen molar-refractivity contribution < 1.29 is 19.4 Å². The number of carboxylic acid groups (broad SMARTS) is 1. The fraction of sp³-hybridized carbons (Fsp3) is 0.429. The van der Waals surface area contributed by atoms with Crippen molar-refractivity contribution >= 4 is 33.6 Å². The molecule has 0 saturated carbocycles. The molecule has 1 aliphatic heterocycles. The van der Waals surface area contributed by atoms with E-state index in [9.17, 15) is 9.59 Å². The van der Waals surface area contributed by atoms with Gasteiger partial charge in [-0.1, -0.05) is 0 Å². The maximum absolute atomic E-state index is 12.3. The number of nitrogens with zero attached hydrogens (tertiary/aromatic N) is 1. The highest BCUT2D eigenvalue weighted by Crippen LogP contribution is 2.24. The number of nitrogens with one attached hydrogen (secondary N) is 1. The van der Waals surface area contributed by atoms with Gasteiger partial charge >= 0.3 is 12.0 Å². The lowest BCUT2D eigenvalue weighted by Gasteiger charge is -2.32. The van der Waals surface area contributed by atoms with Crippen molar-refractivity contribution in [3.63, 3.8) is 0 Å². The Balaban J connectivity index is 2.08. The summed E-state index contributed by atoms with van der Waals surface area (Å²) >= 11 is 3.31. The topological polar surface area (TPSA) is 78.9 Å². The summed E-state index contributed by atoms with van der Waals surface area (Å²) in [6.07, 6.45) is 1.89. The standard InChI is InChI=1S/C14H17BrN2O4/c1-21-10-3-2-6-17(8-10)14(20)16-12-7-9(13(18)19)4-5-11(12)15/h4-5,7,10H,2-3,6,8H2,1H3,(H,16,20)(H,18,19). The molecular formula is C14H17BrN2O4. The second kappa shape index (κ2) is 6.91. The molecule has 1 aromatic rings. The maximum Gasteiger partial charge on any atom is 0.335 e. The summed E-state index contributed by atoms with van der Waals surface area (Å²) < 4.78 is 5.93. The van der Waals surface area contributed by atoms with Crippen LogP contribution >= 0.6 is 15.9 Å². The predicted octanol–water partition coefficient (Wildman–Crippen LogP) is 2.79. The van der Waals surface area contributed by atoms with E-state index in [1.807, 2.05) is 0 Å². The van der Waals surface area contributed by atoms with Crippen LogP contribution in [-0.2, 0) is 4.74 Å². The molecule has 2 N–H and O–H groups in total. The molecule has 0 radical (unpaired) electrons. The summed E-state index contributed by atoms with van der Waals surface area (Å²) in [5, 5.41) is 11.7. The van der Waals surface area contributed by atoms with Gasteiger partial charge in [0.05, 0.1) is 17.4 Å². The largest absolute Gasteiger partial charge is 0.478 e. The summed E-state index contributed by atoms with van der Waals surface area (Å²) in [7, 11) is 1.64. The first kappa shape index (κ1) is 15.8. The molecule has 6 nitrogen and oxygen atoms in total. The summed E-state index contributed by atoms with van der Waals surface area (Å²) in [5.41, 5.74) is 0.571. The third kappa shape index (κ3) is 3.95. The van der Waals surface area contributed by atoms with Crippen LogP contribution in [0.2, 0.25) is 0 Å². The van der Waals surface area contributed by atoms with Crippen LogP contribution in [0.25, 0.3) is 0 Å². The van der Waals surface area contributed by atoms with Crippen molar-refractivity contribution in [3.8, 4) is 0 Å². The van der Waals surface area contributed by atoms with Crippen LogP contribution in [0.5, 0.6) is 0 Å². The molecule has 1 aromatic carbocycles. The molecule has 114 valence electrons. The van der Waals surface area contributed by atoms with Gasteiger partial charge < -0.3 is 20.1 Å². The summed E-state index contributed by atoms with van der Waals surface area (Å²) in [4.78, 5) is 24.9. The molecule has 0 bridgehead atoms. The summed E-state index contributed by atoms with van der Waals surface area (Å²) in [6, 6.07) is 4.26. The highest BCUT2D eigenvalue weighted by molar-refractivity contribution is 9.10. The quantitative estimate of drug-likeness (QED) is 0.872. The van der Waals surface area contributed by atoms with E-state index in [1.165, 1.54) is 12.1 Å². The molecule has 1 aliphatic rings. The Hall–Kier alpha value is -1.60. The molecule has 0 aromatic heterocycles. The Bertz CT molecular complexity index is 550. The molecule has 1 unspecified atom stereocenters. The molecule has 2 rings (SSSR count). The smallest absolute Gasteiger partial charge is 0.335 e. The first-order chi connectivity index (χ1) is 10.0. The Morgan fingerprint density at radius 3 is 2.90 bits per heavy atom. The minimum Gasteiger partial charge on any atom is -0.478 e. The monoisotopic (exact) mass is 356 g/mol. The van der Waals surface area contributed by atoms with Crippen LogP contribution in [0.15, 0.2) is 22.7 Å². The first-order valence-corrected chi connectivity index (χ1v) is 7.42. The van der Waals surface area contributed by atoms with E-state index in [-0.39, 0.29) is 17.7 Å². The van der Waals surface area contributed by atoms with Gasteiger partial charge in [-0.3, -0.25) is 0 Å². The average molecular weight is 357 g/mol. The van der Waals surface area contributed by atoms with Crippen LogP contribution in [0.1, 0.15) is 23.2 Å². The SMILES string of the molecule is COC1CCCN(C(=O)Nc2cc(C(=O)O)ccc2Br)C1. The predicted molar refractivity (Wildman–Crippen MR) is 81.7 cm³/mol. The minimum absolute atomic E-state index is 0.0540. The van der Waals surface area contributed by atoms with Crippen LogP contribution in [-0.4, -0.2) is 48.3 Å². The van der Waals surface area contributed by atoms with Gasteiger partial charge in [0.25, 0.3) is 0 Å². The molecule has 2 amide bonds. The zero-order chi connectivity index (χ0) is 15.4. The number of benzene rings is 1. The van der Waals surface area contributed by atoms with Crippen molar-refractivity contribution in [2.75, 3.05) is 25.5 Å².